The molecule has 5 heteroatoms. The molecule has 2 aliphatic heterocycles. The van der Waals surface area contributed by atoms with Gasteiger partial charge in [-0.15, -0.1) is 0 Å². The van der Waals surface area contributed by atoms with Crippen LogP contribution in [0.2, 0.25) is 0 Å². The van der Waals surface area contributed by atoms with E-state index < -0.39 is 5.60 Å². The van der Waals surface area contributed by atoms with Crippen LogP contribution < -0.4 is 4.74 Å². The second kappa shape index (κ2) is 7.91. The van der Waals surface area contributed by atoms with Gasteiger partial charge in [-0.25, -0.2) is 4.79 Å². The van der Waals surface area contributed by atoms with Crippen molar-refractivity contribution in [3.05, 3.63) is 52.6 Å². The molecule has 2 heterocycles. The lowest BCUT2D eigenvalue weighted by Gasteiger charge is -2.45. The van der Waals surface area contributed by atoms with Crippen LogP contribution in [0.4, 0.5) is 4.79 Å². The zero-order chi connectivity index (χ0) is 23.5. The van der Waals surface area contributed by atoms with Crippen LogP contribution in [0.3, 0.4) is 0 Å². The SMILES string of the molecule is COc1cc2c3c(c4ccc(C)cc4c2cc1C)CN1CCN(C(=O)OC(C)(C)C)C[C@@H]1C3. The topological polar surface area (TPSA) is 42.0 Å². The number of amides is 1. The first kappa shape index (κ1) is 22.0. The molecule has 1 fully saturated rings. The molecule has 1 amide bonds. The van der Waals surface area contributed by atoms with E-state index in [0.717, 1.165) is 30.8 Å². The lowest BCUT2D eigenvalue weighted by molar-refractivity contribution is 0.000768. The van der Waals surface area contributed by atoms with Crippen molar-refractivity contribution in [1.29, 1.82) is 0 Å². The Morgan fingerprint density at radius 3 is 2.45 bits per heavy atom. The van der Waals surface area contributed by atoms with Gasteiger partial charge in [0.2, 0.25) is 0 Å². The predicted octanol–water partition coefficient (Wildman–Crippen LogP) is 5.60. The Hall–Kier alpha value is -2.79. The fourth-order valence-electron chi connectivity index (χ4n) is 5.49. The highest BCUT2D eigenvalue weighted by Crippen LogP contribution is 2.41. The summed E-state index contributed by atoms with van der Waals surface area (Å²) in [5.41, 5.74) is 4.77. The van der Waals surface area contributed by atoms with Gasteiger partial charge in [0.15, 0.2) is 0 Å². The van der Waals surface area contributed by atoms with Crippen LogP contribution in [0.15, 0.2) is 30.3 Å². The van der Waals surface area contributed by atoms with Crippen LogP contribution in [0.1, 0.15) is 43.0 Å². The molecule has 5 nitrogen and oxygen atoms in total. The zero-order valence-corrected chi connectivity index (χ0v) is 20.6. The van der Waals surface area contributed by atoms with Gasteiger partial charge < -0.3 is 14.4 Å². The Bertz CT molecular complexity index is 1260. The van der Waals surface area contributed by atoms with Crippen molar-refractivity contribution < 1.29 is 14.3 Å². The van der Waals surface area contributed by atoms with Gasteiger partial charge in [-0.2, -0.15) is 0 Å². The van der Waals surface area contributed by atoms with Gasteiger partial charge in [-0.05, 0) is 91.4 Å². The number of carbonyl (C=O) groups excluding carboxylic acids is 1. The number of carbonyl (C=O) groups is 1. The van der Waals surface area contributed by atoms with Gasteiger partial charge in [-0.3, -0.25) is 4.90 Å². The van der Waals surface area contributed by atoms with Gasteiger partial charge in [0.05, 0.1) is 7.11 Å². The molecule has 5 rings (SSSR count). The molecule has 0 spiro atoms. The molecule has 1 saturated heterocycles. The van der Waals surface area contributed by atoms with E-state index in [4.69, 9.17) is 9.47 Å². The molecule has 0 unspecified atom stereocenters. The number of piperazine rings is 1. The summed E-state index contributed by atoms with van der Waals surface area (Å²) in [4.78, 5) is 17.2. The maximum absolute atomic E-state index is 12.7. The van der Waals surface area contributed by atoms with Crippen molar-refractivity contribution in [3.8, 4) is 5.75 Å². The third-order valence-electron chi connectivity index (χ3n) is 7.07. The molecule has 0 radical (unpaired) electrons. The second-order valence-electron chi connectivity index (χ2n) is 10.6. The molecule has 0 saturated carbocycles. The predicted molar refractivity (Wildman–Crippen MR) is 133 cm³/mol. The number of rotatable bonds is 1. The molecule has 0 N–H and O–H groups in total. The molecule has 174 valence electrons. The molecule has 2 aliphatic rings. The van der Waals surface area contributed by atoms with E-state index in [1.54, 1.807) is 7.11 Å². The third kappa shape index (κ3) is 3.93. The largest absolute Gasteiger partial charge is 0.496 e. The van der Waals surface area contributed by atoms with Gasteiger partial charge in [-0.1, -0.05) is 23.8 Å². The smallest absolute Gasteiger partial charge is 0.410 e. The minimum atomic E-state index is -0.477. The zero-order valence-electron chi connectivity index (χ0n) is 20.6. The Morgan fingerprint density at radius 1 is 0.970 bits per heavy atom. The van der Waals surface area contributed by atoms with Crippen LogP contribution in [0.25, 0.3) is 21.5 Å². The highest BCUT2D eigenvalue weighted by atomic mass is 16.6. The average Bonchev–Trinajstić information content (AvgIpc) is 2.76. The van der Waals surface area contributed by atoms with Crippen LogP contribution in [0, 0.1) is 13.8 Å². The van der Waals surface area contributed by atoms with Crippen LogP contribution >= 0.6 is 0 Å². The van der Waals surface area contributed by atoms with E-state index in [2.05, 4.69) is 49.1 Å². The molecule has 3 aromatic carbocycles. The number of aryl methyl sites for hydroxylation is 2. The lowest BCUT2D eigenvalue weighted by atomic mass is 9.83. The summed E-state index contributed by atoms with van der Waals surface area (Å²) in [7, 11) is 1.74. The minimum absolute atomic E-state index is 0.205. The maximum Gasteiger partial charge on any atom is 0.410 e. The third-order valence-corrected chi connectivity index (χ3v) is 7.07. The molecular weight excluding hydrogens is 412 g/mol. The number of benzene rings is 3. The van der Waals surface area contributed by atoms with Gasteiger partial charge in [0.1, 0.15) is 11.4 Å². The Balaban J connectivity index is 1.60. The number of ether oxygens (including phenoxy) is 2. The summed E-state index contributed by atoms with van der Waals surface area (Å²) in [5.74, 6) is 0.929. The first-order valence-electron chi connectivity index (χ1n) is 11.9. The number of hydrogen-bond donors (Lipinski definition) is 0. The average molecular weight is 447 g/mol. The molecule has 1 atom stereocenters. The molecule has 0 aliphatic carbocycles. The van der Waals surface area contributed by atoms with Gasteiger partial charge >= 0.3 is 6.09 Å². The van der Waals surface area contributed by atoms with Crippen LogP contribution in [0.5, 0.6) is 5.75 Å². The van der Waals surface area contributed by atoms with Gasteiger partial charge in [0.25, 0.3) is 0 Å². The molecular formula is C28H34N2O3. The normalized spacial score (nSPS) is 18.8. The van der Waals surface area contributed by atoms with E-state index in [0.29, 0.717) is 13.1 Å². The molecule has 0 aromatic heterocycles. The number of hydrogen-bond acceptors (Lipinski definition) is 4. The number of methoxy groups -OCH3 is 1. The van der Waals surface area contributed by atoms with Gasteiger partial charge in [0, 0.05) is 32.2 Å². The van der Waals surface area contributed by atoms with Crippen LogP contribution in [-0.2, 0) is 17.7 Å². The first-order valence-corrected chi connectivity index (χ1v) is 11.9. The summed E-state index contributed by atoms with van der Waals surface area (Å²) >= 11 is 0. The summed E-state index contributed by atoms with van der Waals surface area (Å²) in [6.07, 6.45) is 0.713. The van der Waals surface area contributed by atoms with Crippen molar-refractivity contribution in [1.82, 2.24) is 9.80 Å². The Kier molecular flexibility index (Phi) is 5.28. The summed E-state index contributed by atoms with van der Waals surface area (Å²) in [6.45, 7) is 13.2. The lowest BCUT2D eigenvalue weighted by Crippen LogP contribution is -2.57. The fraction of sp³-hybridized carbons (Fsp3) is 0.464. The van der Waals surface area contributed by atoms with Crippen molar-refractivity contribution >= 4 is 27.6 Å². The molecule has 3 aromatic rings. The van der Waals surface area contributed by atoms with Crippen molar-refractivity contribution in [3.63, 3.8) is 0 Å². The molecule has 33 heavy (non-hydrogen) atoms. The van der Waals surface area contributed by atoms with E-state index >= 15 is 0 Å². The number of fused-ring (bicyclic) bond motifs is 7. The summed E-state index contributed by atoms with van der Waals surface area (Å²) < 4.78 is 11.4. The highest BCUT2D eigenvalue weighted by molar-refractivity contribution is 6.11. The summed E-state index contributed by atoms with van der Waals surface area (Å²) in [6, 6.07) is 11.6. The molecule has 0 bridgehead atoms. The number of nitrogens with zero attached hydrogens (tertiary/aromatic N) is 2. The quantitative estimate of drug-likeness (QED) is 0.457. The van der Waals surface area contributed by atoms with E-state index in [1.165, 1.54) is 38.2 Å². The monoisotopic (exact) mass is 446 g/mol. The Labute approximate surface area is 196 Å². The van der Waals surface area contributed by atoms with Crippen LogP contribution in [-0.4, -0.2) is 54.3 Å². The van der Waals surface area contributed by atoms with E-state index in [9.17, 15) is 4.79 Å². The second-order valence-corrected chi connectivity index (χ2v) is 10.6. The maximum atomic E-state index is 12.7. The van der Waals surface area contributed by atoms with E-state index in [-0.39, 0.29) is 12.1 Å². The first-order chi connectivity index (χ1) is 15.6. The minimum Gasteiger partial charge on any atom is -0.496 e. The van der Waals surface area contributed by atoms with Crippen molar-refractivity contribution in [2.45, 2.75) is 59.2 Å². The Morgan fingerprint density at radius 2 is 1.73 bits per heavy atom. The standard InChI is InChI=1S/C28H34N2O3/c1-17-7-8-20-21(11-17)22-12-18(2)26(32-6)14-24(22)23-13-19-15-30(27(31)33-28(3,4)5)10-9-29(19)16-25(20)23/h7-8,11-12,14,19H,9-10,13,15-16H2,1-6H3/t19-/m0/s1. The van der Waals surface area contributed by atoms with E-state index in [1.807, 2.05) is 25.7 Å². The van der Waals surface area contributed by atoms with Crippen molar-refractivity contribution in [2.24, 2.45) is 0 Å². The summed E-state index contributed by atoms with van der Waals surface area (Å²) in [5, 5.41) is 5.24. The highest BCUT2D eigenvalue weighted by Gasteiger charge is 2.36. The fourth-order valence-corrected chi connectivity index (χ4v) is 5.49. The van der Waals surface area contributed by atoms with Crippen molar-refractivity contribution in [2.75, 3.05) is 26.7 Å².